The number of hydrogen-bond donors (Lipinski definition) is 2. The van der Waals surface area contributed by atoms with Gasteiger partial charge < -0.3 is 9.88 Å². The number of rotatable bonds is 8. The van der Waals surface area contributed by atoms with Crippen LogP contribution in [0.5, 0.6) is 0 Å². The highest BCUT2D eigenvalue weighted by Gasteiger charge is 2.22. The molecule has 0 bridgehead atoms. The highest BCUT2D eigenvalue weighted by molar-refractivity contribution is 8.00. The SMILES string of the molecule is C=CCn1c2ccccc2c2nnc(S[C@@H](CC)C(=O)Nc3ccc(S(N)(=O)=O)cc3)nc21. The molecular formula is C22H22N6O3S2. The minimum Gasteiger partial charge on any atom is -0.325 e. The zero-order valence-electron chi connectivity index (χ0n) is 17.8. The maximum atomic E-state index is 12.8. The standard InChI is InChI=1S/C22H22N6O3S2/c1-3-13-28-17-8-6-5-7-16(17)19-20(28)25-22(27-26-19)32-18(4-2)21(29)24-14-9-11-15(12-10-14)33(23,30)31/h3,5-12,18H,1,4,13H2,2H3,(H,24,29)(H2,23,30,31)/t18-/m0/s1. The van der Waals surface area contributed by atoms with Crippen LogP contribution in [0.1, 0.15) is 13.3 Å². The van der Waals surface area contributed by atoms with Gasteiger partial charge in [-0.25, -0.2) is 18.5 Å². The lowest BCUT2D eigenvalue weighted by Crippen LogP contribution is -2.25. The van der Waals surface area contributed by atoms with Gasteiger partial charge in [0.05, 0.1) is 15.7 Å². The molecule has 170 valence electrons. The summed E-state index contributed by atoms with van der Waals surface area (Å²) in [4.78, 5) is 17.5. The summed E-state index contributed by atoms with van der Waals surface area (Å²) in [7, 11) is -3.79. The predicted octanol–water partition coefficient (Wildman–Crippen LogP) is 3.32. The van der Waals surface area contributed by atoms with Crippen molar-refractivity contribution >= 4 is 55.4 Å². The number of amides is 1. The van der Waals surface area contributed by atoms with Gasteiger partial charge in [0.25, 0.3) is 0 Å². The molecule has 0 spiro atoms. The monoisotopic (exact) mass is 482 g/mol. The van der Waals surface area contributed by atoms with Crippen molar-refractivity contribution in [3.05, 3.63) is 61.2 Å². The van der Waals surface area contributed by atoms with Gasteiger partial charge >= 0.3 is 0 Å². The number of benzene rings is 2. The van der Waals surface area contributed by atoms with E-state index in [0.717, 1.165) is 10.9 Å². The van der Waals surface area contributed by atoms with Gasteiger partial charge in [-0.3, -0.25) is 4.79 Å². The summed E-state index contributed by atoms with van der Waals surface area (Å²) >= 11 is 1.22. The topological polar surface area (TPSA) is 133 Å². The summed E-state index contributed by atoms with van der Waals surface area (Å²) in [6.45, 7) is 6.29. The third-order valence-corrected chi connectivity index (χ3v) is 7.17. The third-order valence-electron chi connectivity index (χ3n) is 5.03. The first-order valence-electron chi connectivity index (χ1n) is 10.1. The number of para-hydroxylation sites is 1. The molecule has 0 saturated carbocycles. The Morgan fingerprint density at radius 2 is 1.94 bits per heavy atom. The first-order valence-corrected chi connectivity index (χ1v) is 12.6. The molecule has 4 aromatic rings. The van der Waals surface area contributed by atoms with Crippen molar-refractivity contribution in [2.45, 2.75) is 35.2 Å². The van der Waals surface area contributed by atoms with E-state index in [-0.39, 0.29) is 10.8 Å². The molecule has 4 rings (SSSR count). The molecule has 9 nitrogen and oxygen atoms in total. The Hall–Kier alpha value is -3.28. The van der Waals surface area contributed by atoms with Crippen LogP contribution in [0.25, 0.3) is 22.1 Å². The average molecular weight is 483 g/mol. The number of fused-ring (bicyclic) bond motifs is 3. The Morgan fingerprint density at radius 3 is 2.61 bits per heavy atom. The van der Waals surface area contributed by atoms with E-state index in [0.29, 0.717) is 35.0 Å². The Bertz CT molecular complexity index is 1450. The van der Waals surface area contributed by atoms with Gasteiger partial charge in [0.2, 0.25) is 21.1 Å². The van der Waals surface area contributed by atoms with Crippen molar-refractivity contribution in [3.63, 3.8) is 0 Å². The fourth-order valence-electron chi connectivity index (χ4n) is 3.45. The number of carbonyl (C=O) groups is 1. The predicted molar refractivity (Wildman–Crippen MR) is 129 cm³/mol. The lowest BCUT2D eigenvalue weighted by Gasteiger charge is -2.14. The van der Waals surface area contributed by atoms with Crippen LogP contribution in [-0.2, 0) is 21.4 Å². The molecule has 0 unspecified atom stereocenters. The minimum atomic E-state index is -3.79. The van der Waals surface area contributed by atoms with Gasteiger partial charge in [-0.15, -0.1) is 16.8 Å². The van der Waals surface area contributed by atoms with Gasteiger partial charge in [-0.05, 0) is 36.8 Å². The van der Waals surface area contributed by atoms with E-state index in [1.54, 1.807) is 6.08 Å². The molecule has 0 saturated heterocycles. The second kappa shape index (κ2) is 9.30. The van der Waals surface area contributed by atoms with E-state index in [1.807, 2.05) is 35.8 Å². The summed E-state index contributed by atoms with van der Waals surface area (Å²) in [6.07, 6.45) is 2.33. The number of allylic oxidation sites excluding steroid dienone is 1. The molecule has 3 N–H and O–H groups in total. The lowest BCUT2D eigenvalue weighted by molar-refractivity contribution is -0.115. The number of sulfonamides is 1. The Balaban J connectivity index is 1.58. The first kappa shape index (κ1) is 22.9. The Labute approximate surface area is 195 Å². The fraction of sp³-hybridized carbons (Fsp3) is 0.182. The third kappa shape index (κ3) is 4.75. The molecule has 0 aliphatic heterocycles. The summed E-state index contributed by atoms with van der Waals surface area (Å²) in [5, 5.41) is 17.4. The molecule has 1 amide bonds. The van der Waals surface area contributed by atoms with E-state index in [4.69, 9.17) is 10.1 Å². The lowest BCUT2D eigenvalue weighted by atomic mass is 10.2. The van der Waals surface area contributed by atoms with Gasteiger partial charge in [-0.2, -0.15) is 0 Å². The zero-order valence-corrected chi connectivity index (χ0v) is 19.4. The van der Waals surface area contributed by atoms with Crippen LogP contribution >= 0.6 is 11.8 Å². The minimum absolute atomic E-state index is 0.0235. The van der Waals surface area contributed by atoms with Gasteiger partial charge in [-0.1, -0.05) is 43.0 Å². The fourth-order valence-corrected chi connectivity index (χ4v) is 4.78. The number of anilines is 1. The largest absolute Gasteiger partial charge is 0.325 e. The number of nitrogens with one attached hydrogen (secondary N) is 1. The molecule has 0 aliphatic rings. The summed E-state index contributed by atoms with van der Waals surface area (Å²) in [5.74, 6) is -0.249. The van der Waals surface area contributed by atoms with Crippen LogP contribution in [0.15, 0.2) is 71.2 Å². The normalized spacial score (nSPS) is 12.7. The summed E-state index contributed by atoms with van der Waals surface area (Å²) in [5.41, 5.74) is 2.84. The van der Waals surface area contributed by atoms with Crippen molar-refractivity contribution < 1.29 is 13.2 Å². The average Bonchev–Trinajstić information content (AvgIpc) is 3.10. The quantitative estimate of drug-likeness (QED) is 0.291. The maximum Gasteiger partial charge on any atom is 0.238 e. The van der Waals surface area contributed by atoms with Crippen LogP contribution in [0.2, 0.25) is 0 Å². The van der Waals surface area contributed by atoms with E-state index in [2.05, 4.69) is 22.1 Å². The van der Waals surface area contributed by atoms with Gasteiger partial charge in [0, 0.05) is 17.6 Å². The smallest absolute Gasteiger partial charge is 0.238 e. The molecule has 0 fully saturated rings. The number of hydrogen-bond acceptors (Lipinski definition) is 7. The van der Waals surface area contributed by atoms with E-state index in [1.165, 1.54) is 36.0 Å². The molecule has 2 heterocycles. The highest BCUT2D eigenvalue weighted by atomic mass is 32.2. The zero-order chi connectivity index (χ0) is 23.6. The molecule has 11 heteroatoms. The van der Waals surface area contributed by atoms with Crippen LogP contribution in [0.4, 0.5) is 5.69 Å². The first-order chi connectivity index (χ1) is 15.8. The van der Waals surface area contributed by atoms with Crippen molar-refractivity contribution in [1.29, 1.82) is 0 Å². The molecule has 33 heavy (non-hydrogen) atoms. The molecule has 2 aromatic carbocycles. The van der Waals surface area contributed by atoms with Crippen molar-refractivity contribution in [2.24, 2.45) is 5.14 Å². The number of nitrogens with two attached hydrogens (primary N) is 1. The van der Waals surface area contributed by atoms with Gasteiger partial charge in [0.1, 0.15) is 5.52 Å². The van der Waals surface area contributed by atoms with Crippen LogP contribution < -0.4 is 10.5 Å². The summed E-state index contributed by atoms with van der Waals surface area (Å²) < 4.78 is 24.8. The molecule has 1 atom stereocenters. The van der Waals surface area contributed by atoms with Crippen molar-refractivity contribution in [2.75, 3.05) is 5.32 Å². The van der Waals surface area contributed by atoms with E-state index >= 15 is 0 Å². The second-order valence-electron chi connectivity index (χ2n) is 7.26. The van der Waals surface area contributed by atoms with Crippen LogP contribution in [0, 0.1) is 0 Å². The number of primary sulfonamides is 1. The van der Waals surface area contributed by atoms with Gasteiger partial charge in [0.15, 0.2) is 5.65 Å². The van der Waals surface area contributed by atoms with Crippen LogP contribution in [0.3, 0.4) is 0 Å². The van der Waals surface area contributed by atoms with Crippen LogP contribution in [-0.4, -0.2) is 39.3 Å². The number of thioether (sulfide) groups is 1. The molecule has 0 radical (unpaired) electrons. The van der Waals surface area contributed by atoms with E-state index < -0.39 is 15.3 Å². The molecule has 2 aromatic heterocycles. The van der Waals surface area contributed by atoms with Crippen molar-refractivity contribution in [1.82, 2.24) is 19.7 Å². The number of carbonyl (C=O) groups excluding carboxylic acids is 1. The highest BCUT2D eigenvalue weighted by Crippen LogP contribution is 2.29. The Kier molecular flexibility index (Phi) is 6.45. The molecular weight excluding hydrogens is 460 g/mol. The number of nitrogens with zero attached hydrogens (tertiary/aromatic N) is 4. The summed E-state index contributed by atoms with van der Waals surface area (Å²) in [6, 6.07) is 13.5. The Morgan fingerprint density at radius 1 is 1.21 bits per heavy atom. The second-order valence-corrected chi connectivity index (χ2v) is 9.99. The van der Waals surface area contributed by atoms with E-state index in [9.17, 15) is 13.2 Å². The number of aromatic nitrogens is 4. The maximum absolute atomic E-state index is 12.8. The molecule has 0 aliphatic carbocycles. The van der Waals surface area contributed by atoms with Crippen molar-refractivity contribution in [3.8, 4) is 0 Å².